The summed E-state index contributed by atoms with van der Waals surface area (Å²) in [5.41, 5.74) is 0.957. The average molecular weight is 607 g/mol. The first kappa shape index (κ1) is 29.1. The zero-order valence-electron chi connectivity index (χ0n) is 21.2. The Balaban J connectivity index is 2.03. The van der Waals surface area contributed by atoms with E-state index in [1.54, 1.807) is 31.2 Å². The van der Waals surface area contributed by atoms with E-state index in [2.05, 4.69) is 21.2 Å². The van der Waals surface area contributed by atoms with Crippen LogP contribution >= 0.6 is 15.9 Å². The fourth-order valence-electron chi connectivity index (χ4n) is 3.76. The van der Waals surface area contributed by atoms with Crippen molar-refractivity contribution in [2.24, 2.45) is 0 Å². The number of rotatable bonds is 11. The van der Waals surface area contributed by atoms with Gasteiger partial charge in [0.15, 0.2) is 0 Å². The van der Waals surface area contributed by atoms with Gasteiger partial charge in [-0.1, -0.05) is 28.1 Å². The highest BCUT2D eigenvalue weighted by atomic mass is 79.9. The van der Waals surface area contributed by atoms with Crippen LogP contribution in [-0.4, -0.2) is 51.4 Å². The van der Waals surface area contributed by atoms with Gasteiger partial charge in [-0.2, -0.15) is 0 Å². The second kappa shape index (κ2) is 12.9. The van der Waals surface area contributed by atoms with Crippen molar-refractivity contribution in [1.29, 1.82) is 0 Å². The Kier molecular flexibility index (Phi) is 9.87. The number of sulfonamides is 1. The second-order valence-corrected chi connectivity index (χ2v) is 11.1. The maximum atomic E-state index is 13.7. The van der Waals surface area contributed by atoms with Crippen LogP contribution in [0.2, 0.25) is 0 Å². The van der Waals surface area contributed by atoms with Crippen LogP contribution in [0.5, 0.6) is 5.75 Å². The number of anilines is 1. The highest BCUT2D eigenvalue weighted by molar-refractivity contribution is 9.10. The van der Waals surface area contributed by atoms with E-state index in [0.717, 1.165) is 38.6 Å². The Labute approximate surface area is 230 Å². The average Bonchev–Trinajstić information content (AvgIpc) is 2.90. The molecule has 0 aliphatic carbocycles. The minimum Gasteiger partial charge on any atom is -0.494 e. The van der Waals surface area contributed by atoms with Crippen molar-refractivity contribution < 1.29 is 27.1 Å². The van der Waals surface area contributed by atoms with E-state index in [9.17, 15) is 22.4 Å². The van der Waals surface area contributed by atoms with Gasteiger partial charge in [0.2, 0.25) is 11.8 Å². The van der Waals surface area contributed by atoms with E-state index in [0.29, 0.717) is 12.4 Å². The molecule has 202 valence electrons. The lowest BCUT2D eigenvalue weighted by atomic mass is 10.1. The molecule has 3 aromatic carbocycles. The number of ether oxygens (including phenoxy) is 1. The predicted molar refractivity (Wildman–Crippen MR) is 147 cm³/mol. The van der Waals surface area contributed by atoms with Crippen molar-refractivity contribution in [2.45, 2.75) is 31.3 Å². The molecule has 0 saturated carbocycles. The maximum absolute atomic E-state index is 13.7. The first-order valence-corrected chi connectivity index (χ1v) is 14.1. The number of hydrogen-bond acceptors (Lipinski definition) is 5. The fraction of sp³-hybridized carbons (Fsp3) is 0.259. The number of amides is 2. The van der Waals surface area contributed by atoms with Crippen LogP contribution in [0.4, 0.5) is 10.1 Å². The van der Waals surface area contributed by atoms with Gasteiger partial charge in [0.25, 0.3) is 10.0 Å². The number of benzene rings is 3. The molecule has 0 bridgehead atoms. The van der Waals surface area contributed by atoms with Crippen molar-refractivity contribution in [2.75, 3.05) is 24.5 Å². The highest BCUT2D eigenvalue weighted by Gasteiger charge is 2.32. The van der Waals surface area contributed by atoms with E-state index in [1.807, 2.05) is 19.1 Å². The van der Waals surface area contributed by atoms with Crippen LogP contribution in [0.3, 0.4) is 0 Å². The molecule has 0 aliphatic heterocycles. The van der Waals surface area contributed by atoms with Crippen molar-refractivity contribution in [1.82, 2.24) is 10.2 Å². The molecule has 3 aromatic rings. The third-order valence-corrected chi connectivity index (χ3v) is 8.05. The summed E-state index contributed by atoms with van der Waals surface area (Å²) in [6, 6.07) is 17.0. The third kappa shape index (κ3) is 7.11. The molecule has 0 saturated heterocycles. The topological polar surface area (TPSA) is 96.0 Å². The van der Waals surface area contributed by atoms with Gasteiger partial charge in [0.05, 0.1) is 17.2 Å². The predicted octanol–water partition coefficient (Wildman–Crippen LogP) is 4.35. The van der Waals surface area contributed by atoms with Crippen molar-refractivity contribution in [3.63, 3.8) is 0 Å². The van der Waals surface area contributed by atoms with Crippen LogP contribution in [0.15, 0.2) is 82.2 Å². The molecule has 1 atom stereocenters. The molecule has 0 radical (unpaired) electrons. The molecule has 0 spiro atoms. The van der Waals surface area contributed by atoms with Gasteiger partial charge >= 0.3 is 0 Å². The van der Waals surface area contributed by atoms with Crippen LogP contribution < -0.4 is 14.4 Å². The van der Waals surface area contributed by atoms with Gasteiger partial charge in [-0.3, -0.25) is 13.9 Å². The van der Waals surface area contributed by atoms with Gasteiger partial charge in [-0.15, -0.1) is 0 Å². The van der Waals surface area contributed by atoms with Crippen LogP contribution in [-0.2, 0) is 26.2 Å². The molecule has 0 aliphatic rings. The maximum Gasteiger partial charge on any atom is 0.264 e. The molecule has 3 rings (SSSR count). The zero-order valence-corrected chi connectivity index (χ0v) is 23.6. The molecule has 0 unspecified atom stereocenters. The van der Waals surface area contributed by atoms with Gasteiger partial charge in [0.1, 0.15) is 24.2 Å². The Morgan fingerprint density at radius 1 is 1.05 bits per heavy atom. The first-order valence-electron chi connectivity index (χ1n) is 11.8. The summed E-state index contributed by atoms with van der Waals surface area (Å²) in [5, 5.41) is 2.54. The van der Waals surface area contributed by atoms with E-state index in [4.69, 9.17) is 4.74 Å². The van der Waals surface area contributed by atoms with Crippen molar-refractivity contribution in [3.8, 4) is 5.75 Å². The summed E-state index contributed by atoms with van der Waals surface area (Å²) in [4.78, 5) is 27.4. The number of halogens is 2. The SMILES string of the molecule is CCOc1ccc(N(CC(=O)N(Cc2cccc(Br)c2)[C@@H](C)C(=O)NC)S(=O)(=O)c2ccc(F)cc2)cc1. The monoisotopic (exact) mass is 605 g/mol. The summed E-state index contributed by atoms with van der Waals surface area (Å²) in [6.07, 6.45) is 0. The third-order valence-electron chi connectivity index (χ3n) is 5.77. The van der Waals surface area contributed by atoms with E-state index >= 15 is 0 Å². The molecular formula is C27H29BrFN3O5S. The van der Waals surface area contributed by atoms with Gasteiger partial charge < -0.3 is 15.0 Å². The summed E-state index contributed by atoms with van der Waals surface area (Å²) >= 11 is 3.41. The Morgan fingerprint density at radius 3 is 2.29 bits per heavy atom. The summed E-state index contributed by atoms with van der Waals surface area (Å²) in [7, 11) is -2.82. The quantitative estimate of drug-likeness (QED) is 0.351. The van der Waals surface area contributed by atoms with E-state index < -0.39 is 40.2 Å². The van der Waals surface area contributed by atoms with Crippen molar-refractivity contribution in [3.05, 3.63) is 88.6 Å². The van der Waals surface area contributed by atoms with Gasteiger partial charge in [-0.25, -0.2) is 12.8 Å². The van der Waals surface area contributed by atoms with Crippen molar-refractivity contribution >= 4 is 43.5 Å². The molecule has 0 aromatic heterocycles. The first-order chi connectivity index (χ1) is 18.1. The lowest BCUT2D eigenvalue weighted by Gasteiger charge is -2.31. The minimum absolute atomic E-state index is 0.0700. The van der Waals surface area contributed by atoms with Crippen LogP contribution in [0.25, 0.3) is 0 Å². The lowest BCUT2D eigenvalue weighted by molar-refractivity contribution is -0.139. The molecule has 0 fully saturated rings. The molecule has 0 heterocycles. The molecule has 2 amide bonds. The molecule has 1 N–H and O–H groups in total. The van der Waals surface area contributed by atoms with Crippen LogP contribution in [0, 0.1) is 5.82 Å². The standard InChI is InChI=1S/C27H29BrFN3O5S/c1-4-37-24-12-10-23(11-13-24)32(38(35,36)25-14-8-22(29)9-15-25)18-26(33)31(19(2)27(34)30-3)17-20-6-5-7-21(28)16-20/h5-16,19H,4,17-18H2,1-3H3,(H,30,34)/t19-/m0/s1. The molecule has 8 nitrogen and oxygen atoms in total. The Hall–Kier alpha value is -3.44. The number of nitrogens with one attached hydrogen (secondary N) is 1. The van der Waals surface area contributed by atoms with E-state index in [1.165, 1.54) is 24.1 Å². The molecular weight excluding hydrogens is 577 g/mol. The zero-order chi connectivity index (χ0) is 27.9. The number of nitrogens with zero attached hydrogens (tertiary/aromatic N) is 2. The fourth-order valence-corrected chi connectivity index (χ4v) is 5.62. The lowest BCUT2D eigenvalue weighted by Crippen LogP contribution is -2.50. The highest BCUT2D eigenvalue weighted by Crippen LogP contribution is 2.27. The number of carbonyl (C=O) groups excluding carboxylic acids is 2. The molecule has 38 heavy (non-hydrogen) atoms. The summed E-state index contributed by atoms with van der Waals surface area (Å²) < 4.78 is 48.1. The Bertz CT molecular complexity index is 1370. The van der Waals surface area contributed by atoms with Gasteiger partial charge in [-0.05, 0) is 80.1 Å². The second-order valence-electron chi connectivity index (χ2n) is 8.33. The molecule has 11 heteroatoms. The number of hydrogen-bond donors (Lipinski definition) is 1. The van der Waals surface area contributed by atoms with Crippen LogP contribution in [0.1, 0.15) is 19.4 Å². The normalized spacial score (nSPS) is 11.9. The van der Waals surface area contributed by atoms with Gasteiger partial charge in [0, 0.05) is 18.1 Å². The number of carbonyl (C=O) groups is 2. The summed E-state index contributed by atoms with van der Waals surface area (Å²) in [5.74, 6) is -1.05. The van der Waals surface area contributed by atoms with E-state index in [-0.39, 0.29) is 17.1 Å². The Morgan fingerprint density at radius 2 is 1.71 bits per heavy atom. The summed E-state index contributed by atoms with van der Waals surface area (Å²) in [6.45, 7) is 3.30. The number of likely N-dealkylation sites (N-methyl/N-ethyl adjacent to an activating group) is 1. The smallest absolute Gasteiger partial charge is 0.264 e. The largest absolute Gasteiger partial charge is 0.494 e. The minimum atomic E-state index is -4.29.